The van der Waals surface area contributed by atoms with Crippen LogP contribution >= 0.6 is 0 Å². The van der Waals surface area contributed by atoms with Crippen molar-refractivity contribution in [3.05, 3.63) is 58.8 Å². The number of amides is 1. The van der Waals surface area contributed by atoms with Crippen LogP contribution in [0.3, 0.4) is 0 Å². The fourth-order valence-corrected chi connectivity index (χ4v) is 2.97. The van der Waals surface area contributed by atoms with Crippen LogP contribution in [-0.2, 0) is 17.6 Å². The van der Waals surface area contributed by atoms with Crippen LogP contribution in [0.2, 0.25) is 0 Å². The Morgan fingerprint density at radius 3 is 2.71 bits per heavy atom. The highest BCUT2D eigenvalue weighted by atomic mass is 16.5. The van der Waals surface area contributed by atoms with E-state index in [0.717, 1.165) is 28.1 Å². The number of nitrogens with zero attached hydrogens (tertiary/aromatic N) is 3. The van der Waals surface area contributed by atoms with Gasteiger partial charge < -0.3 is 14.6 Å². The highest BCUT2D eigenvalue weighted by molar-refractivity contribution is 5.79. The molecule has 0 radical (unpaired) electrons. The van der Waals surface area contributed by atoms with Crippen molar-refractivity contribution in [2.75, 3.05) is 13.7 Å². The zero-order valence-corrected chi connectivity index (χ0v) is 16.6. The van der Waals surface area contributed by atoms with Gasteiger partial charge in [0.15, 0.2) is 5.76 Å². The van der Waals surface area contributed by atoms with Crippen LogP contribution in [0.5, 0.6) is 5.75 Å². The second kappa shape index (κ2) is 8.65. The molecule has 7 heteroatoms. The molecular weight excluding hydrogens is 356 g/mol. The van der Waals surface area contributed by atoms with Crippen LogP contribution in [0.15, 0.2) is 35.0 Å². The maximum absolute atomic E-state index is 12.3. The quantitative estimate of drug-likeness (QED) is 0.678. The summed E-state index contributed by atoms with van der Waals surface area (Å²) < 4.78 is 10.8. The number of hydrogen-bond acceptors (Lipinski definition) is 6. The third kappa shape index (κ3) is 4.36. The number of hydrogen-bond donors (Lipinski definition) is 1. The molecule has 0 aliphatic carbocycles. The van der Waals surface area contributed by atoms with Gasteiger partial charge in [-0.05, 0) is 26.8 Å². The lowest BCUT2D eigenvalue weighted by Crippen LogP contribution is -2.27. The average Bonchev–Trinajstić information content (AvgIpc) is 3.01. The van der Waals surface area contributed by atoms with Crippen LogP contribution in [0.4, 0.5) is 0 Å². The summed E-state index contributed by atoms with van der Waals surface area (Å²) in [6.07, 6.45) is 2.58. The van der Waals surface area contributed by atoms with Crippen molar-refractivity contribution < 1.29 is 14.1 Å². The highest BCUT2D eigenvalue weighted by Gasteiger charge is 2.17. The van der Waals surface area contributed by atoms with E-state index in [1.807, 2.05) is 45.0 Å². The summed E-state index contributed by atoms with van der Waals surface area (Å²) >= 11 is 0. The van der Waals surface area contributed by atoms with Crippen molar-refractivity contribution in [1.29, 1.82) is 0 Å². The fourth-order valence-electron chi connectivity index (χ4n) is 2.97. The second-order valence-corrected chi connectivity index (χ2v) is 6.59. The van der Waals surface area contributed by atoms with Crippen molar-refractivity contribution >= 4 is 5.91 Å². The van der Waals surface area contributed by atoms with Gasteiger partial charge in [-0.15, -0.1) is 0 Å². The zero-order valence-electron chi connectivity index (χ0n) is 16.6. The molecule has 146 valence electrons. The van der Waals surface area contributed by atoms with Crippen LogP contribution < -0.4 is 10.1 Å². The largest absolute Gasteiger partial charge is 0.496 e. The molecule has 7 nitrogen and oxygen atoms in total. The van der Waals surface area contributed by atoms with Gasteiger partial charge in [-0.25, -0.2) is 9.97 Å². The molecule has 2 aromatic heterocycles. The van der Waals surface area contributed by atoms with Gasteiger partial charge in [0.1, 0.15) is 11.6 Å². The van der Waals surface area contributed by atoms with E-state index < -0.39 is 0 Å². The van der Waals surface area contributed by atoms with Gasteiger partial charge in [-0.1, -0.05) is 23.4 Å². The third-order valence-electron chi connectivity index (χ3n) is 4.62. The fraction of sp³-hybridized carbons (Fsp3) is 0.333. The summed E-state index contributed by atoms with van der Waals surface area (Å²) in [5, 5.41) is 6.96. The normalized spacial score (nSPS) is 10.7. The molecule has 0 unspecified atom stereocenters. The standard InChI is InChI=1S/C21H24N4O3/c1-13-14(2)25-28-21(13)17-12-23-15(3)24-18(17)9-10-22-20(26)11-16-7-5-6-8-19(16)27-4/h5-8,12H,9-11H2,1-4H3,(H,22,26). The Balaban J connectivity index is 1.67. The van der Waals surface area contributed by atoms with Crippen molar-refractivity contribution in [3.8, 4) is 17.1 Å². The minimum atomic E-state index is -0.0662. The summed E-state index contributed by atoms with van der Waals surface area (Å²) in [6.45, 7) is 6.16. The number of nitrogens with one attached hydrogen (secondary N) is 1. The number of carbonyl (C=O) groups is 1. The predicted molar refractivity (Wildman–Crippen MR) is 105 cm³/mol. The van der Waals surface area contributed by atoms with Crippen molar-refractivity contribution in [2.45, 2.75) is 33.6 Å². The first-order valence-corrected chi connectivity index (χ1v) is 9.14. The first-order valence-electron chi connectivity index (χ1n) is 9.14. The Morgan fingerprint density at radius 2 is 2.00 bits per heavy atom. The maximum Gasteiger partial charge on any atom is 0.224 e. The molecule has 3 aromatic rings. The topological polar surface area (TPSA) is 90.1 Å². The van der Waals surface area contributed by atoms with E-state index in [1.54, 1.807) is 13.3 Å². The van der Waals surface area contributed by atoms with Crippen LogP contribution in [0.1, 0.15) is 28.3 Å². The Hall–Kier alpha value is -3.22. The number of aromatic nitrogens is 3. The van der Waals surface area contributed by atoms with Crippen molar-refractivity contribution in [3.63, 3.8) is 0 Å². The van der Waals surface area contributed by atoms with Gasteiger partial charge in [0, 0.05) is 30.3 Å². The Labute approximate surface area is 164 Å². The van der Waals surface area contributed by atoms with Crippen LogP contribution in [-0.4, -0.2) is 34.7 Å². The minimum Gasteiger partial charge on any atom is -0.496 e. The zero-order chi connectivity index (χ0) is 20.1. The van der Waals surface area contributed by atoms with Gasteiger partial charge in [-0.3, -0.25) is 4.79 Å². The lowest BCUT2D eigenvalue weighted by molar-refractivity contribution is -0.120. The number of methoxy groups -OCH3 is 1. The summed E-state index contributed by atoms with van der Waals surface area (Å²) in [4.78, 5) is 21.1. The Bertz CT molecular complexity index is 982. The molecule has 0 bridgehead atoms. The number of aryl methyl sites for hydroxylation is 2. The number of ether oxygens (including phenoxy) is 1. The lowest BCUT2D eigenvalue weighted by Gasteiger charge is -2.10. The monoisotopic (exact) mass is 380 g/mol. The second-order valence-electron chi connectivity index (χ2n) is 6.59. The smallest absolute Gasteiger partial charge is 0.224 e. The van der Waals surface area contributed by atoms with Gasteiger partial charge in [-0.2, -0.15) is 0 Å². The van der Waals surface area contributed by atoms with Crippen LogP contribution in [0.25, 0.3) is 11.3 Å². The number of benzene rings is 1. The molecule has 0 saturated heterocycles. The number of rotatable bonds is 7. The van der Waals surface area contributed by atoms with Gasteiger partial charge in [0.05, 0.1) is 30.5 Å². The summed E-state index contributed by atoms with van der Waals surface area (Å²) in [6, 6.07) is 7.51. The van der Waals surface area contributed by atoms with Crippen LogP contribution in [0, 0.1) is 20.8 Å². The molecule has 0 fully saturated rings. The molecule has 2 heterocycles. The summed E-state index contributed by atoms with van der Waals surface area (Å²) in [7, 11) is 1.60. The predicted octanol–water partition coefficient (Wildman–Crippen LogP) is 2.97. The van der Waals surface area contributed by atoms with E-state index in [0.29, 0.717) is 30.3 Å². The van der Waals surface area contributed by atoms with Crippen molar-refractivity contribution in [1.82, 2.24) is 20.4 Å². The number of carbonyl (C=O) groups excluding carboxylic acids is 1. The molecule has 1 N–H and O–H groups in total. The van der Waals surface area contributed by atoms with E-state index in [9.17, 15) is 4.79 Å². The Kier molecular flexibility index (Phi) is 6.03. The summed E-state index contributed by atoms with van der Waals surface area (Å²) in [5.41, 5.74) is 4.29. The maximum atomic E-state index is 12.3. The van der Waals surface area contributed by atoms with E-state index in [4.69, 9.17) is 9.26 Å². The van der Waals surface area contributed by atoms with Gasteiger partial charge in [0.25, 0.3) is 0 Å². The lowest BCUT2D eigenvalue weighted by atomic mass is 10.1. The first kappa shape index (κ1) is 19.5. The van der Waals surface area contributed by atoms with E-state index in [1.165, 1.54) is 0 Å². The highest BCUT2D eigenvalue weighted by Crippen LogP contribution is 2.27. The molecule has 0 saturated carbocycles. The Morgan fingerprint density at radius 1 is 1.21 bits per heavy atom. The molecule has 28 heavy (non-hydrogen) atoms. The number of para-hydroxylation sites is 1. The third-order valence-corrected chi connectivity index (χ3v) is 4.62. The first-order chi connectivity index (χ1) is 13.5. The molecule has 0 spiro atoms. The molecule has 1 amide bonds. The SMILES string of the molecule is COc1ccccc1CC(=O)NCCc1nc(C)ncc1-c1onc(C)c1C. The van der Waals surface area contributed by atoms with Crippen molar-refractivity contribution in [2.24, 2.45) is 0 Å². The van der Waals surface area contributed by atoms with Gasteiger partial charge in [0.2, 0.25) is 5.91 Å². The average molecular weight is 380 g/mol. The molecular formula is C21H24N4O3. The van der Waals surface area contributed by atoms with E-state index in [2.05, 4.69) is 20.4 Å². The van der Waals surface area contributed by atoms with E-state index >= 15 is 0 Å². The summed E-state index contributed by atoms with van der Waals surface area (Å²) in [5.74, 6) is 1.99. The molecule has 0 atom stereocenters. The van der Waals surface area contributed by atoms with E-state index in [-0.39, 0.29) is 12.3 Å². The molecule has 3 rings (SSSR count). The molecule has 0 aliphatic rings. The van der Waals surface area contributed by atoms with Gasteiger partial charge >= 0.3 is 0 Å². The molecule has 1 aromatic carbocycles. The minimum absolute atomic E-state index is 0.0662. The molecule has 0 aliphatic heterocycles.